The number of aromatic nitrogens is 1. The maximum absolute atomic E-state index is 12.1. The van der Waals surface area contributed by atoms with Crippen LogP contribution in [0.25, 0.3) is 0 Å². The first-order chi connectivity index (χ1) is 15.5. The van der Waals surface area contributed by atoms with E-state index in [9.17, 15) is 18.0 Å². The third kappa shape index (κ3) is 7.41. The number of anilines is 3. The van der Waals surface area contributed by atoms with Gasteiger partial charge in [0.1, 0.15) is 11.4 Å². The molecular weight excluding hydrogens is 428 g/mol. The molecule has 2 aromatic rings. The lowest BCUT2D eigenvalue weighted by atomic mass is 9.87. The van der Waals surface area contributed by atoms with Crippen LogP contribution in [-0.4, -0.2) is 32.2 Å². The Morgan fingerprint density at radius 2 is 1.56 bits per heavy atom. The van der Waals surface area contributed by atoms with E-state index < -0.39 is 20.9 Å². The van der Waals surface area contributed by atoms with E-state index in [4.69, 9.17) is 0 Å². The second kappa shape index (κ2) is 12.1. The first-order valence-electron chi connectivity index (χ1n) is 11.7. The molecule has 0 amide bonds. The standard InChI is InChI=1S/C23H34N4O4S/c28-22-20(21(23(22)29)27-19-11-14-24-15-12-19)25-13-6-1-2-7-17-32(30,31)26-16-10-18-8-4-3-5-9-18/h11-12,14-15,18,25-26H,1-10,13,16-17H2,(H,24,27). The molecule has 1 aromatic heterocycles. The van der Waals surface area contributed by atoms with Crippen LogP contribution >= 0.6 is 0 Å². The van der Waals surface area contributed by atoms with Gasteiger partial charge in [0.15, 0.2) is 0 Å². The molecule has 0 bridgehead atoms. The van der Waals surface area contributed by atoms with Gasteiger partial charge in [-0.2, -0.15) is 0 Å². The number of hydrogen-bond donors (Lipinski definition) is 3. The second-order valence-corrected chi connectivity index (χ2v) is 10.5. The van der Waals surface area contributed by atoms with Crippen molar-refractivity contribution in [3.63, 3.8) is 0 Å². The Bertz CT molecular complexity index is 1010. The lowest BCUT2D eigenvalue weighted by Crippen LogP contribution is -2.36. The highest BCUT2D eigenvalue weighted by molar-refractivity contribution is 7.89. The number of rotatable bonds is 14. The molecule has 1 aromatic carbocycles. The van der Waals surface area contributed by atoms with Crippen LogP contribution < -0.4 is 26.2 Å². The minimum Gasteiger partial charge on any atom is -0.380 e. The van der Waals surface area contributed by atoms with Crippen molar-refractivity contribution < 1.29 is 8.42 Å². The van der Waals surface area contributed by atoms with Gasteiger partial charge in [-0.25, -0.2) is 13.1 Å². The minimum absolute atomic E-state index is 0.156. The molecule has 176 valence electrons. The number of hydrogen-bond acceptors (Lipinski definition) is 7. The van der Waals surface area contributed by atoms with E-state index in [1.807, 2.05) is 0 Å². The van der Waals surface area contributed by atoms with Crippen molar-refractivity contribution >= 4 is 27.1 Å². The van der Waals surface area contributed by atoms with Gasteiger partial charge in [-0.3, -0.25) is 14.6 Å². The van der Waals surface area contributed by atoms with Crippen LogP contribution in [0.2, 0.25) is 0 Å². The third-order valence-electron chi connectivity index (χ3n) is 6.10. The predicted molar refractivity (Wildman–Crippen MR) is 129 cm³/mol. The van der Waals surface area contributed by atoms with Crippen molar-refractivity contribution in [3.05, 3.63) is 45.0 Å². The fraction of sp³-hybridized carbons (Fsp3) is 0.609. The quantitative estimate of drug-likeness (QED) is 0.291. The Morgan fingerprint density at radius 1 is 0.875 bits per heavy atom. The highest BCUT2D eigenvalue weighted by atomic mass is 32.2. The molecule has 32 heavy (non-hydrogen) atoms. The molecule has 0 radical (unpaired) electrons. The molecule has 0 unspecified atom stereocenters. The summed E-state index contributed by atoms with van der Waals surface area (Å²) in [7, 11) is -3.20. The van der Waals surface area contributed by atoms with Gasteiger partial charge in [-0.15, -0.1) is 0 Å². The molecule has 8 nitrogen and oxygen atoms in total. The lowest BCUT2D eigenvalue weighted by molar-refractivity contribution is 0.339. The van der Waals surface area contributed by atoms with Crippen LogP contribution in [0, 0.1) is 5.92 Å². The fourth-order valence-electron chi connectivity index (χ4n) is 4.21. The highest BCUT2D eigenvalue weighted by Crippen LogP contribution is 2.25. The molecule has 1 aliphatic carbocycles. The molecule has 1 fully saturated rings. The van der Waals surface area contributed by atoms with Crippen molar-refractivity contribution in [3.8, 4) is 0 Å². The number of nitrogens with zero attached hydrogens (tertiary/aromatic N) is 1. The van der Waals surface area contributed by atoms with Gasteiger partial charge in [0.2, 0.25) is 10.0 Å². The van der Waals surface area contributed by atoms with Crippen LogP contribution in [0.3, 0.4) is 0 Å². The molecule has 3 N–H and O–H groups in total. The zero-order chi connectivity index (χ0) is 22.8. The topological polar surface area (TPSA) is 117 Å². The van der Waals surface area contributed by atoms with Crippen LogP contribution in [0.1, 0.15) is 64.2 Å². The van der Waals surface area contributed by atoms with Gasteiger partial charge >= 0.3 is 0 Å². The summed E-state index contributed by atoms with van der Waals surface area (Å²) in [4.78, 5) is 27.6. The molecule has 0 aliphatic heterocycles. The van der Waals surface area contributed by atoms with Crippen LogP contribution in [0.15, 0.2) is 34.1 Å². The maximum Gasteiger partial charge on any atom is 0.253 e. The zero-order valence-corrected chi connectivity index (χ0v) is 19.4. The number of unbranched alkanes of at least 4 members (excludes halogenated alkanes) is 3. The second-order valence-electron chi connectivity index (χ2n) is 8.62. The van der Waals surface area contributed by atoms with Crippen LogP contribution in [-0.2, 0) is 10.0 Å². The van der Waals surface area contributed by atoms with E-state index >= 15 is 0 Å². The summed E-state index contributed by atoms with van der Waals surface area (Å²) in [5, 5.41) is 5.99. The van der Waals surface area contributed by atoms with Crippen molar-refractivity contribution in [1.29, 1.82) is 0 Å². The number of pyridine rings is 1. The highest BCUT2D eigenvalue weighted by Gasteiger charge is 2.20. The zero-order valence-electron chi connectivity index (χ0n) is 18.6. The third-order valence-corrected chi connectivity index (χ3v) is 7.57. The van der Waals surface area contributed by atoms with E-state index in [1.54, 1.807) is 24.5 Å². The van der Waals surface area contributed by atoms with Crippen molar-refractivity contribution in [2.75, 3.05) is 29.5 Å². The first-order valence-corrected chi connectivity index (χ1v) is 13.3. The molecule has 0 spiro atoms. The van der Waals surface area contributed by atoms with Gasteiger partial charge in [0, 0.05) is 31.2 Å². The summed E-state index contributed by atoms with van der Waals surface area (Å²) < 4.78 is 27.0. The number of sulfonamides is 1. The van der Waals surface area contributed by atoms with Crippen molar-refractivity contribution in [2.45, 2.75) is 64.2 Å². The molecular formula is C23H34N4O4S. The van der Waals surface area contributed by atoms with E-state index in [0.29, 0.717) is 36.8 Å². The average molecular weight is 463 g/mol. The Kier molecular flexibility index (Phi) is 9.23. The Balaban J connectivity index is 1.27. The van der Waals surface area contributed by atoms with Crippen LogP contribution in [0.4, 0.5) is 17.1 Å². The van der Waals surface area contributed by atoms with Crippen LogP contribution in [0.5, 0.6) is 0 Å². The molecule has 9 heteroatoms. The maximum atomic E-state index is 12.1. The summed E-state index contributed by atoms with van der Waals surface area (Å²) in [6, 6.07) is 3.44. The fourth-order valence-corrected chi connectivity index (χ4v) is 5.37. The molecule has 1 aliphatic rings. The van der Waals surface area contributed by atoms with Gasteiger partial charge in [0.05, 0.1) is 5.75 Å². The van der Waals surface area contributed by atoms with E-state index in [1.165, 1.54) is 32.1 Å². The number of nitrogens with one attached hydrogen (secondary N) is 3. The van der Waals surface area contributed by atoms with Gasteiger partial charge in [0.25, 0.3) is 10.9 Å². The van der Waals surface area contributed by atoms with E-state index in [0.717, 1.165) is 25.7 Å². The van der Waals surface area contributed by atoms with Gasteiger partial charge < -0.3 is 10.6 Å². The smallest absolute Gasteiger partial charge is 0.253 e. The summed E-state index contributed by atoms with van der Waals surface area (Å²) in [5.74, 6) is 0.829. The Morgan fingerprint density at radius 3 is 2.31 bits per heavy atom. The SMILES string of the molecule is O=c1c(NCCCCCCS(=O)(=O)NCCC2CCCCC2)c(Nc2ccncc2)c1=O. The largest absolute Gasteiger partial charge is 0.380 e. The monoisotopic (exact) mass is 462 g/mol. The Labute approximate surface area is 190 Å². The normalized spacial score (nSPS) is 15.1. The van der Waals surface area contributed by atoms with Gasteiger partial charge in [-0.05, 0) is 37.3 Å². The average Bonchev–Trinajstić information content (AvgIpc) is 2.80. The minimum atomic E-state index is -3.20. The summed E-state index contributed by atoms with van der Waals surface area (Å²) in [6.45, 7) is 1.11. The summed E-state index contributed by atoms with van der Waals surface area (Å²) >= 11 is 0. The van der Waals surface area contributed by atoms with Crippen molar-refractivity contribution in [2.24, 2.45) is 5.92 Å². The summed E-state index contributed by atoms with van der Waals surface area (Å²) in [5.41, 5.74) is 0.268. The predicted octanol–water partition coefficient (Wildman–Crippen LogP) is 3.28. The molecule has 0 saturated heterocycles. The molecule has 0 atom stereocenters. The van der Waals surface area contributed by atoms with Gasteiger partial charge in [-0.1, -0.05) is 44.9 Å². The molecule has 1 heterocycles. The molecule has 3 rings (SSSR count). The Hall–Kier alpha value is -2.26. The van der Waals surface area contributed by atoms with E-state index in [2.05, 4.69) is 20.3 Å². The van der Waals surface area contributed by atoms with E-state index in [-0.39, 0.29) is 11.4 Å². The lowest BCUT2D eigenvalue weighted by Gasteiger charge is -2.21. The first kappa shape index (κ1) is 24.4. The molecule has 1 saturated carbocycles. The van der Waals surface area contributed by atoms with Crippen molar-refractivity contribution in [1.82, 2.24) is 9.71 Å². The summed E-state index contributed by atoms with van der Waals surface area (Å²) in [6.07, 6.45) is 13.5.